The maximum absolute atomic E-state index is 11.3. The molecule has 0 bridgehead atoms. The minimum Gasteiger partial charge on any atom is -0.462 e. The SMILES string of the molecule is C=C(CC)C(=O)OCCCCCC.C=C(CCC)C(=O)OCCCCCCC.CC(=O)OC1=CCC1. The molecule has 0 atom stereocenters. The summed E-state index contributed by atoms with van der Waals surface area (Å²) in [6, 6.07) is 0. The second-order valence-electron chi connectivity index (χ2n) is 8.86. The van der Waals surface area contributed by atoms with Crippen LogP contribution < -0.4 is 0 Å². The van der Waals surface area contributed by atoms with Gasteiger partial charge in [0.05, 0.1) is 13.2 Å². The molecule has 0 saturated heterocycles. The molecule has 1 aliphatic carbocycles. The summed E-state index contributed by atoms with van der Waals surface area (Å²) in [5, 5.41) is 0. The topological polar surface area (TPSA) is 78.9 Å². The summed E-state index contributed by atoms with van der Waals surface area (Å²) in [6.07, 6.45) is 16.7. The van der Waals surface area contributed by atoms with Crippen molar-refractivity contribution in [3.8, 4) is 0 Å². The molecule has 1 aliphatic rings. The highest BCUT2D eigenvalue weighted by Gasteiger charge is 2.08. The van der Waals surface area contributed by atoms with Crippen LogP contribution in [0, 0.1) is 0 Å². The summed E-state index contributed by atoms with van der Waals surface area (Å²) >= 11 is 0. The molecular weight excluding hydrogens is 456 g/mol. The first-order chi connectivity index (χ1) is 17.2. The minimum absolute atomic E-state index is 0.212. The van der Waals surface area contributed by atoms with E-state index >= 15 is 0 Å². The third kappa shape index (κ3) is 23.4. The highest BCUT2D eigenvalue weighted by atomic mass is 16.5. The van der Waals surface area contributed by atoms with Gasteiger partial charge >= 0.3 is 17.9 Å². The Balaban J connectivity index is 0. The van der Waals surface area contributed by atoms with E-state index in [1.165, 1.54) is 39.0 Å². The molecule has 208 valence electrons. The quantitative estimate of drug-likeness (QED) is 0.0853. The number of carbonyl (C=O) groups is 3. The first kappa shape index (κ1) is 35.8. The van der Waals surface area contributed by atoms with E-state index in [1.807, 2.05) is 19.9 Å². The van der Waals surface area contributed by atoms with Crippen LogP contribution in [0.3, 0.4) is 0 Å². The van der Waals surface area contributed by atoms with Crippen molar-refractivity contribution in [1.29, 1.82) is 0 Å². The van der Waals surface area contributed by atoms with Crippen LogP contribution in [-0.4, -0.2) is 31.1 Å². The van der Waals surface area contributed by atoms with E-state index in [9.17, 15) is 14.4 Å². The van der Waals surface area contributed by atoms with Gasteiger partial charge in [-0.05, 0) is 38.2 Å². The summed E-state index contributed by atoms with van der Waals surface area (Å²) in [7, 11) is 0. The Kier molecular flexibility index (Phi) is 25.6. The monoisotopic (exact) mass is 508 g/mol. The molecule has 6 heteroatoms. The Morgan fingerprint density at radius 3 is 1.58 bits per heavy atom. The second-order valence-corrected chi connectivity index (χ2v) is 8.86. The van der Waals surface area contributed by atoms with Gasteiger partial charge in [0.15, 0.2) is 0 Å². The number of allylic oxidation sites excluding steroid dienone is 2. The first-order valence-electron chi connectivity index (χ1n) is 13.8. The van der Waals surface area contributed by atoms with Gasteiger partial charge in [0.25, 0.3) is 0 Å². The van der Waals surface area contributed by atoms with Gasteiger partial charge in [-0.3, -0.25) is 4.79 Å². The van der Waals surface area contributed by atoms with Crippen LogP contribution in [0.1, 0.15) is 125 Å². The van der Waals surface area contributed by atoms with Gasteiger partial charge in [0.2, 0.25) is 0 Å². The molecule has 6 nitrogen and oxygen atoms in total. The van der Waals surface area contributed by atoms with Gasteiger partial charge in [-0.2, -0.15) is 0 Å². The van der Waals surface area contributed by atoms with Gasteiger partial charge in [0.1, 0.15) is 5.76 Å². The molecule has 0 N–H and O–H groups in total. The molecule has 0 aromatic heterocycles. The Morgan fingerprint density at radius 1 is 0.750 bits per heavy atom. The molecule has 0 unspecified atom stereocenters. The summed E-state index contributed by atoms with van der Waals surface area (Å²) in [5.41, 5.74) is 1.17. The normalized spacial score (nSPS) is 11.3. The minimum atomic E-state index is -0.237. The lowest BCUT2D eigenvalue weighted by molar-refractivity contribution is -0.140. The standard InChI is InChI=1S/C13H24O2.C11H20O2.C6H8O2/c1-4-6-7-8-9-11-15-13(14)12(3)10-5-2;1-4-6-7-8-9-13-11(12)10(3)5-2;1-5(7)8-6-3-2-4-6/h3-11H2,1-2H3;3-9H2,1-2H3;3H,2,4H2,1H3. The van der Waals surface area contributed by atoms with E-state index in [-0.39, 0.29) is 17.9 Å². The average Bonchev–Trinajstić information content (AvgIpc) is 2.83. The van der Waals surface area contributed by atoms with E-state index in [4.69, 9.17) is 14.2 Å². The van der Waals surface area contributed by atoms with Gasteiger partial charge in [-0.1, -0.05) is 92.2 Å². The van der Waals surface area contributed by atoms with Gasteiger partial charge in [0, 0.05) is 24.5 Å². The van der Waals surface area contributed by atoms with E-state index < -0.39 is 0 Å². The van der Waals surface area contributed by atoms with Crippen LogP contribution in [-0.2, 0) is 28.6 Å². The van der Waals surface area contributed by atoms with Crippen molar-refractivity contribution in [2.24, 2.45) is 0 Å². The molecule has 0 aromatic rings. The number of ether oxygens (including phenoxy) is 3. The highest BCUT2D eigenvalue weighted by Crippen LogP contribution is 2.18. The van der Waals surface area contributed by atoms with Gasteiger partial charge in [-0.25, -0.2) is 9.59 Å². The number of rotatable bonds is 17. The Labute approximate surface area is 220 Å². The predicted octanol–water partition coefficient (Wildman–Crippen LogP) is 8.16. The Hall–Kier alpha value is -2.37. The molecule has 0 saturated carbocycles. The zero-order valence-corrected chi connectivity index (χ0v) is 23.8. The van der Waals surface area contributed by atoms with Crippen molar-refractivity contribution >= 4 is 17.9 Å². The van der Waals surface area contributed by atoms with E-state index in [1.54, 1.807) is 0 Å². The number of hydrogen-bond donors (Lipinski definition) is 0. The lowest BCUT2D eigenvalue weighted by Crippen LogP contribution is -2.08. The molecule has 0 radical (unpaired) electrons. The fourth-order valence-corrected chi connectivity index (χ4v) is 2.86. The third-order valence-corrected chi connectivity index (χ3v) is 5.31. The molecule has 0 heterocycles. The van der Waals surface area contributed by atoms with Crippen molar-refractivity contribution in [3.63, 3.8) is 0 Å². The molecule has 1 rings (SSSR count). The van der Waals surface area contributed by atoms with E-state index in [0.29, 0.717) is 30.8 Å². The van der Waals surface area contributed by atoms with Gasteiger partial charge < -0.3 is 14.2 Å². The number of unbranched alkanes of at least 4 members (excludes halogenated alkanes) is 7. The predicted molar refractivity (Wildman–Crippen MR) is 147 cm³/mol. The van der Waals surface area contributed by atoms with Crippen molar-refractivity contribution in [2.45, 2.75) is 125 Å². The summed E-state index contributed by atoms with van der Waals surface area (Å²) in [4.78, 5) is 32.6. The maximum Gasteiger partial charge on any atom is 0.333 e. The summed E-state index contributed by atoms with van der Waals surface area (Å²) in [5.74, 6) is 0.166. The third-order valence-electron chi connectivity index (χ3n) is 5.31. The van der Waals surface area contributed by atoms with Crippen molar-refractivity contribution in [1.82, 2.24) is 0 Å². The van der Waals surface area contributed by atoms with Crippen LogP contribution in [0.5, 0.6) is 0 Å². The summed E-state index contributed by atoms with van der Waals surface area (Å²) < 4.78 is 14.8. The fourth-order valence-electron chi connectivity index (χ4n) is 2.86. The van der Waals surface area contributed by atoms with Crippen molar-refractivity contribution < 1.29 is 28.6 Å². The molecule has 0 fully saturated rings. The Morgan fingerprint density at radius 2 is 1.22 bits per heavy atom. The number of esters is 3. The number of carbonyl (C=O) groups excluding carboxylic acids is 3. The smallest absolute Gasteiger partial charge is 0.333 e. The zero-order valence-electron chi connectivity index (χ0n) is 23.8. The van der Waals surface area contributed by atoms with Crippen LogP contribution >= 0.6 is 0 Å². The molecule has 0 aliphatic heterocycles. The van der Waals surface area contributed by atoms with Crippen molar-refractivity contribution in [2.75, 3.05) is 13.2 Å². The van der Waals surface area contributed by atoms with E-state index in [2.05, 4.69) is 27.0 Å². The lowest BCUT2D eigenvalue weighted by atomic mass is 10.1. The maximum atomic E-state index is 11.3. The highest BCUT2D eigenvalue weighted by molar-refractivity contribution is 5.87. The molecule has 0 amide bonds. The lowest BCUT2D eigenvalue weighted by Gasteiger charge is -2.11. The van der Waals surface area contributed by atoms with Gasteiger partial charge in [-0.15, -0.1) is 0 Å². The zero-order chi connectivity index (χ0) is 27.6. The van der Waals surface area contributed by atoms with Crippen molar-refractivity contribution in [3.05, 3.63) is 36.1 Å². The van der Waals surface area contributed by atoms with Crippen LogP contribution in [0.2, 0.25) is 0 Å². The molecule has 0 spiro atoms. The second kappa shape index (κ2) is 25.7. The first-order valence-corrected chi connectivity index (χ1v) is 13.8. The van der Waals surface area contributed by atoms with Crippen LogP contribution in [0.25, 0.3) is 0 Å². The van der Waals surface area contributed by atoms with Crippen LogP contribution in [0.15, 0.2) is 36.1 Å². The molecule has 0 aromatic carbocycles. The van der Waals surface area contributed by atoms with Crippen LogP contribution in [0.4, 0.5) is 0 Å². The molecular formula is C30H52O6. The Bertz CT molecular complexity index is 662. The molecule has 36 heavy (non-hydrogen) atoms. The summed E-state index contributed by atoms with van der Waals surface area (Å²) in [6.45, 7) is 18.1. The van der Waals surface area contributed by atoms with E-state index in [0.717, 1.165) is 57.1 Å². The number of hydrogen-bond acceptors (Lipinski definition) is 6. The largest absolute Gasteiger partial charge is 0.462 e. The fraction of sp³-hybridized carbons (Fsp3) is 0.700. The average molecular weight is 509 g/mol.